The average Bonchev–Trinajstić information content (AvgIpc) is 3.67. The van der Waals surface area contributed by atoms with Gasteiger partial charge in [0.15, 0.2) is 23.1 Å². The number of hydrogen-bond acceptors (Lipinski definition) is 4. The van der Waals surface area contributed by atoms with Gasteiger partial charge in [0, 0.05) is 22.1 Å². The van der Waals surface area contributed by atoms with Gasteiger partial charge in [0.05, 0.1) is 16.6 Å². The van der Waals surface area contributed by atoms with Gasteiger partial charge in [-0.25, -0.2) is 15.0 Å². The van der Waals surface area contributed by atoms with E-state index in [0.29, 0.717) is 17.5 Å². The molecule has 46 heavy (non-hydrogen) atoms. The van der Waals surface area contributed by atoms with Gasteiger partial charge in [0.25, 0.3) is 0 Å². The van der Waals surface area contributed by atoms with Crippen molar-refractivity contribution in [2.45, 2.75) is 0 Å². The van der Waals surface area contributed by atoms with Gasteiger partial charge in [-0.15, -0.1) is 0 Å². The van der Waals surface area contributed by atoms with Crippen LogP contribution in [-0.4, -0.2) is 19.4 Å². The number of nitrogens with zero attached hydrogens (tertiary/aromatic N) is 4. The SMILES string of the molecule is c1ccc(-c2ccc3c(-c4ccc(-c5nc(-c6ccccc6)nc(-c6ccccc6)n5)cc4)c4oc5ccccc5n4c3c2)cc1. The fraction of sp³-hybridized carbons (Fsp3) is 0. The molecule has 0 atom stereocenters. The summed E-state index contributed by atoms with van der Waals surface area (Å²) >= 11 is 0. The second-order valence-corrected chi connectivity index (χ2v) is 11.3. The van der Waals surface area contributed by atoms with Crippen LogP contribution in [0.1, 0.15) is 0 Å². The molecule has 3 heterocycles. The maximum atomic E-state index is 6.54. The van der Waals surface area contributed by atoms with E-state index < -0.39 is 0 Å². The van der Waals surface area contributed by atoms with Gasteiger partial charge in [-0.1, -0.05) is 140 Å². The van der Waals surface area contributed by atoms with Crippen molar-refractivity contribution in [3.63, 3.8) is 0 Å². The predicted molar refractivity (Wildman–Crippen MR) is 185 cm³/mol. The zero-order valence-corrected chi connectivity index (χ0v) is 24.7. The molecular formula is C41H26N4O. The summed E-state index contributed by atoms with van der Waals surface area (Å²) in [4.78, 5) is 14.7. The number of aromatic nitrogens is 4. The van der Waals surface area contributed by atoms with Crippen LogP contribution < -0.4 is 0 Å². The van der Waals surface area contributed by atoms with Gasteiger partial charge in [0.1, 0.15) is 0 Å². The molecule has 0 amide bonds. The first-order chi connectivity index (χ1) is 22.8. The Morgan fingerprint density at radius 1 is 0.391 bits per heavy atom. The van der Waals surface area contributed by atoms with Crippen LogP contribution >= 0.6 is 0 Å². The molecule has 0 bridgehead atoms. The number of para-hydroxylation sites is 2. The first kappa shape index (κ1) is 26.1. The summed E-state index contributed by atoms with van der Waals surface area (Å²) in [5.41, 5.74) is 11.1. The molecule has 5 heteroatoms. The van der Waals surface area contributed by atoms with E-state index in [0.717, 1.165) is 61.1 Å². The summed E-state index contributed by atoms with van der Waals surface area (Å²) < 4.78 is 8.78. The molecule has 0 unspecified atom stereocenters. The van der Waals surface area contributed by atoms with Crippen molar-refractivity contribution in [2.24, 2.45) is 0 Å². The van der Waals surface area contributed by atoms with Crippen LogP contribution in [0.15, 0.2) is 162 Å². The lowest BCUT2D eigenvalue weighted by atomic mass is 9.99. The van der Waals surface area contributed by atoms with Crippen molar-refractivity contribution in [2.75, 3.05) is 0 Å². The summed E-state index contributed by atoms with van der Waals surface area (Å²) in [6, 6.07) is 53.9. The van der Waals surface area contributed by atoms with Crippen molar-refractivity contribution in [1.29, 1.82) is 0 Å². The van der Waals surface area contributed by atoms with Crippen molar-refractivity contribution in [3.05, 3.63) is 158 Å². The highest BCUT2D eigenvalue weighted by Gasteiger charge is 2.21. The molecule has 0 aliphatic carbocycles. The van der Waals surface area contributed by atoms with Crippen LogP contribution in [0, 0.1) is 0 Å². The molecule has 9 rings (SSSR count). The molecule has 0 radical (unpaired) electrons. The first-order valence-corrected chi connectivity index (χ1v) is 15.3. The minimum Gasteiger partial charge on any atom is -0.438 e. The molecule has 0 saturated heterocycles. The third-order valence-electron chi connectivity index (χ3n) is 8.48. The Kier molecular flexibility index (Phi) is 6.06. The van der Waals surface area contributed by atoms with Crippen molar-refractivity contribution < 1.29 is 4.42 Å². The number of oxazole rings is 1. The highest BCUT2D eigenvalue weighted by atomic mass is 16.3. The molecule has 0 aliphatic heterocycles. The minimum atomic E-state index is 0.627. The van der Waals surface area contributed by atoms with Crippen LogP contribution in [0.4, 0.5) is 0 Å². The van der Waals surface area contributed by atoms with E-state index in [-0.39, 0.29) is 0 Å². The van der Waals surface area contributed by atoms with E-state index in [2.05, 4.69) is 83.3 Å². The summed E-state index contributed by atoms with van der Waals surface area (Å²) in [5, 5.41) is 1.13. The number of rotatable bonds is 5. The van der Waals surface area contributed by atoms with Gasteiger partial charge in [0.2, 0.25) is 5.71 Å². The van der Waals surface area contributed by atoms with Crippen molar-refractivity contribution in [3.8, 4) is 56.4 Å². The van der Waals surface area contributed by atoms with E-state index in [4.69, 9.17) is 19.4 Å². The van der Waals surface area contributed by atoms with E-state index >= 15 is 0 Å². The van der Waals surface area contributed by atoms with Crippen molar-refractivity contribution in [1.82, 2.24) is 19.4 Å². The summed E-state index contributed by atoms with van der Waals surface area (Å²) in [6.45, 7) is 0. The Morgan fingerprint density at radius 3 is 1.48 bits per heavy atom. The van der Waals surface area contributed by atoms with Crippen LogP contribution in [0.3, 0.4) is 0 Å². The molecule has 5 nitrogen and oxygen atoms in total. The van der Waals surface area contributed by atoms with Crippen LogP contribution in [-0.2, 0) is 0 Å². The molecule has 0 spiro atoms. The van der Waals surface area contributed by atoms with Gasteiger partial charge in [-0.3, -0.25) is 4.40 Å². The topological polar surface area (TPSA) is 56.2 Å². The summed E-state index contributed by atoms with van der Waals surface area (Å²) in [6.07, 6.45) is 0. The Labute approximate surface area is 265 Å². The quantitative estimate of drug-likeness (QED) is 0.200. The van der Waals surface area contributed by atoms with E-state index in [1.165, 1.54) is 5.56 Å². The molecular weight excluding hydrogens is 564 g/mol. The average molecular weight is 591 g/mol. The number of benzene rings is 6. The highest BCUT2D eigenvalue weighted by molar-refractivity contribution is 6.08. The Morgan fingerprint density at radius 2 is 0.870 bits per heavy atom. The third-order valence-corrected chi connectivity index (χ3v) is 8.48. The normalized spacial score (nSPS) is 11.5. The number of fused-ring (bicyclic) bond motifs is 5. The lowest BCUT2D eigenvalue weighted by molar-refractivity contribution is 0.658. The van der Waals surface area contributed by atoms with Crippen LogP contribution in [0.25, 0.3) is 84.1 Å². The Hall–Kier alpha value is -6.33. The van der Waals surface area contributed by atoms with Crippen LogP contribution in [0.5, 0.6) is 0 Å². The Balaban J connectivity index is 1.20. The second-order valence-electron chi connectivity index (χ2n) is 11.3. The van der Waals surface area contributed by atoms with Gasteiger partial charge < -0.3 is 4.42 Å². The maximum Gasteiger partial charge on any atom is 0.213 e. The maximum absolute atomic E-state index is 6.54. The van der Waals surface area contributed by atoms with Crippen LogP contribution in [0.2, 0.25) is 0 Å². The monoisotopic (exact) mass is 590 g/mol. The molecule has 3 aromatic heterocycles. The molecule has 9 aromatic rings. The smallest absolute Gasteiger partial charge is 0.213 e. The summed E-state index contributed by atoms with van der Waals surface area (Å²) in [7, 11) is 0. The largest absolute Gasteiger partial charge is 0.438 e. The second kappa shape index (κ2) is 10.7. The van der Waals surface area contributed by atoms with Crippen molar-refractivity contribution >= 4 is 27.7 Å². The lowest BCUT2D eigenvalue weighted by Gasteiger charge is -2.09. The lowest BCUT2D eigenvalue weighted by Crippen LogP contribution is -2.00. The van der Waals surface area contributed by atoms with Gasteiger partial charge >= 0.3 is 0 Å². The molecule has 0 aliphatic rings. The predicted octanol–water partition coefficient (Wildman–Crippen LogP) is 10.4. The molecule has 0 N–H and O–H groups in total. The van der Waals surface area contributed by atoms with E-state index in [9.17, 15) is 0 Å². The number of hydrogen-bond donors (Lipinski definition) is 0. The molecule has 6 aromatic carbocycles. The van der Waals surface area contributed by atoms with Gasteiger partial charge in [-0.2, -0.15) is 0 Å². The molecule has 216 valence electrons. The Bertz CT molecular complexity index is 2440. The van der Waals surface area contributed by atoms with E-state index in [1.54, 1.807) is 0 Å². The minimum absolute atomic E-state index is 0.627. The molecule has 0 fully saturated rings. The van der Waals surface area contributed by atoms with Gasteiger partial charge in [-0.05, 0) is 34.9 Å². The third kappa shape index (κ3) is 4.37. The fourth-order valence-corrected chi connectivity index (χ4v) is 6.25. The zero-order valence-electron chi connectivity index (χ0n) is 24.7. The standard InChI is InChI=1S/C41H26N4O/c1-4-12-27(13-5-1)32-24-25-33-35(26-32)45-34-18-10-11-19-36(34)46-41(45)37(33)28-20-22-31(23-21-28)40-43-38(29-14-6-2-7-15-29)42-39(44-40)30-16-8-3-9-17-30/h1-26H. The fourth-order valence-electron chi connectivity index (χ4n) is 6.25. The highest BCUT2D eigenvalue weighted by Crippen LogP contribution is 2.41. The zero-order chi connectivity index (χ0) is 30.5. The van der Waals surface area contributed by atoms with E-state index in [1.807, 2.05) is 78.9 Å². The molecule has 0 saturated carbocycles. The first-order valence-electron chi connectivity index (χ1n) is 15.3. The summed E-state index contributed by atoms with van der Waals surface area (Å²) in [5.74, 6) is 1.91.